The fourth-order valence-corrected chi connectivity index (χ4v) is 3.78. The maximum absolute atomic E-state index is 13.3. The van der Waals surface area contributed by atoms with Gasteiger partial charge in [-0.3, -0.25) is 9.69 Å². The lowest BCUT2D eigenvalue weighted by Crippen LogP contribution is -2.43. The molecule has 31 heavy (non-hydrogen) atoms. The van der Waals surface area contributed by atoms with Crippen LogP contribution in [0.2, 0.25) is 0 Å². The zero-order valence-corrected chi connectivity index (χ0v) is 16.8. The monoisotopic (exact) mass is 411 g/mol. The van der Waals surface area contributed by atoms with Gasteiger partial charge in [0.05, 0.1) is 6.54 Å². The van der Waals surface area contributed by atoms with Crippen molar-refractivity contribution in [2.45, 2.75) is 6.10 Å². The van der Waals surface area contributed by atoms with Gasteiger partial charge in [-0.2, -0.15) is 0 Å². The number of hydrogen-bond acceptors (Lipinski definition) is 5. The molecule has 4 aromatic rings. The molecule has 3 aromatic carbocycles. The summed E-state index contributed by atoms with van der Waals surface area (Å²) in [6.45, 7) is 0.620. The highest BCUT2D eigenvalue weighted by Crippen LogP contribution is 2.38. The largest absolute Gasteiger partial charge is 0.491 e. The van der Waals surface area contributed by atoms with E-state index in [-0.39, 0.29) is 5.91 Å². The predicted molar refractivity (Wildman–Crippen MR) is 120 cm³/mol. The summed E-state index contributed by atoms with van der Waals surface area (Å²) in [4.78, 5) is 19.3. The molecule has 0 radical (unpaired) electrons. The molecule has 1 aliphatic rings. The third kappa shape index (κ3) is 3.64. The van der Waals surface area contributed by atoms with Gasteiger partial charge in [-0.25, -0.2) is 4.98 Å². The number of benzene rings is 3. The number of fused-ring (bicyclic) bond motifs is 2. The molecule has 2 heterocycles. The van der Waals surface area contributed by atoms with Crippen LogP contribution in [-0.2, 0) is 4.79 Å². The van der Waals surface area contributed by atoms with Crippen molar-refractivity contribution in [2.24, 2.45) is 0 Å². The van der Waals surface area contributed by atoms with E-state index >= 15 is 0 Å². The van der Waals surface area contributed by atoms with Crippen LogP contribution in [0.1, 0.15) is 11.7 Å². The minimum atomic E-state index is -0.739. The van der Waals surface area contributed by atoms with E-state index in [0.29, 0.717) is 30.5 Å². The SMILES string of the molecule is Nc1ccc2c(n1)N(CCOc1cccc3ccccc13)C(=O)C(c1ccccc1)O2. The number of carbonyl (C=O) groups excluding carboxylic acids is 1. The van der Waals surface area contributed by atoms with E-state index in [1.54, 1.807) is 17.0 Å². The number of hydrogen-bond donors (Lipinski definition) is 1. The Labute approximate surface area is 179 Å². The number of nitrogens with zero attached hydrogens (tertiary/aromatic N) is 2. The van der Waals surface area contributed by atoms with Crippen LogP contribution in [0, 0.1) is 0 Å². The lowest BCUT2D eigenvalue weighted by atomic mass is 10.1. The highest BCUT2D eigenvalue weighted by molar-refractivity contribution is 5.99. The van der Waals surface area contributed by atoms with E-state index in [2.05, 4.69) is 4.98 Å². The van der Waals surface area contributed by atoms with E-state index in [0.717, 1.165) is 22.1 Å². The number of anilines is 2. The van der Waals surface area contributed by atoms with Crippen LogP contribution in [0.25, 0.3) is 10.8 Å². The Bertz CT molecular complexity index is 1240. The summed E-state index contributed by atoms with van der Waals surface area (Å²) in [5, 5.41) is 2.13. The summed E-state index contributed by atoms with van der Waals surface area (Å²) in [7, 11) is 0. The molecule has 6 heteroatoms. The normalized spacial score (nSPS) is 15.4. The number of pyridine rings is 1. The van der Waals surface area contributed by atoms with Gasteiger partial charge in [0.2, 0.25) is 6.10 Å². The number of ether oxygens (including phenoxy) is 2. The quantitative estimate of drug-likeness (QED) is 0.528. The molecule has 0 bridgehead atoms. The Morgan fingerprint density at radius 1 is 0.935 bits per heavy atom. The number of carbonyl (C=O) groups is 1. The van der Waals surface area contributed by atoms with E-state index in [9.17, 15) is 4.79 Å². The molecule has 0 saturated heterocycles. The second-order valence-electron chi connectivity index (χ2n) is 7.28. The molecule has 1 aromatic heterocycles. The molecule has 0 spiro atoms. The molecule has 1 amide bonds. The van der Waals surface area contributed by atoms with Crippen molar-refractivity contribution >= 4 is 28.3 Å². The van der Waals surface area contributed by atoms with Crippen LogP contribution >= 0.6 is 0 Å². The van der Waals surface area contributed by atoms with Crippen LogP contribution in [-0.4, -0.2) is 24.0 Å². The summed E-state index contributed by atoms with van der Waals surface area (Å²) in [5.41, 5.74) is 6.67. The van der Waals surface area contributed by atoms with Crippen molar-refractivity contribution in [1.29, 1.82) is 0 Å². The van der Waals surface area contributed by atoms with Crippen molar-refractivity contribution in [1.82, 2.24) is 4.98 Å². The Morgan fingerprint density at radius 2 is 1.71 bits per heavy atom. The van der Waals surface area contributed by atoms with Crippen LogP contribution < -0.4 is 20.1 Å². The number of amides is 1. The van der Waals surface area contributed by atoms with Crippen LogP contribution in [0.3, 0.4) is 0 Å². The molecule has 1 atom stereocenters. The number of rotatable bonds is 5. The molecule has 5 rings (SSSR count). The first kappa shape index (κ1) is 18.9. The number of aromatic nitrogens is 1. The molecule has 1 aliphatic heterocycles. The van der Waals surface area contributed by atoms with Gasteiger partial charge in [0.15, 0.2) is 11.6 Å². The average molecular weight is 411 g/mol. The zero-order chi connectivity index (χ0) is 21.2. The fourth-order valence-electron chi connectivity index (χ4n) is 3.78. The second-order valence-corrected chi connectivity index (χ2v) is 7.28. The first-order chi connectivity index (χ1) is 15.2. The maximum Gasteiger partial charge on any atom is 0.274 e. The van der Waals surface area contributed by atoms with E-state index < -0.39 is 6.10 Å². The van der Waals surface area contributed by atoms with Crippen molar-refractivity contribution in [3.63, 3.8) is 0 Å². The van der Waals surface area contributed by atoms with E-state index in [1.165, 1.54) is 0 Å². The van der Waals surface area contributed by atoms with Gasteiger partial charge in [-0.15, -0.1) is 0 Å². The Balaban J connectivity index is 1.41. The maximum atomic E-state index is 13.3. The van der Waals surface area contributed by atoms with Crippen molar-refractivity contribution in [3.8, 4) is 11.5 Å². The van der Waals surface area contributed by atoms with Gasteiger partial charge in [-0.1, -0.05) is 66.7 Å². The van der Waals surface area contributed by atoms with E-state index in [4.69, 9.17) is 15.2 Å². The highest BCUT2D eigenvalue weighted by Gasteiger charge is 2.36. The second kappa shape index (κ2) is 7.99. The molecule has 0 saturated carbocycles. The van der Waals surface area contributed by atoms with Gasteiger partial charge in [0, 0.05) is 10.9 Å². The fraction of sp³-hybridized carbons (Fsp3) is 0.120. The van der Waals surface area contributed by atoms with Crippen LogP contribution in [0.15, 0.2) is 84.9 Å². The summed E-state index contributed by atoms with van der Waals surface area (Å²) in [5.74, 6) is 1.84. The third-order valence-electron chi connectivity index (χ3n) is 5.28. The van der Waals surface area contributed by atoms with Crippen LogP contribution in [0.4, 0.5) is 11.6 Å². The Morgan fingerprint density at radius 3 is 2.58 bits per heavy atom. The summed E-state index contributed by atoms with van der Waals surface area (Å²) in [6, 6.07) is 26.8. The van der Waals surface area contributed by atoms with Crippen molar-refractivity contribution in [3.05, 3.63) is 90.5 Å². The van der Waals surface area contributed by atoms with Crippen molar-refractivity contribution in [2.75, 3.05) is 23.8 Å². The predicted octanol–water partition coefficient (Wildman–Crippen LogP) is 4.36. The zero-order valence-electron chi connectivity index (χ0n) is 16.8. The topological polar surface area (TPSA) is 77.7 Å². The summed E-state index contributed by atoms with van der Waals surface area (Å²) < 4.78 is 12.1. The standard InChI is InChI=1S/C25H21N3O3/c26-22-14-13-21-24(27-22)28(25(29)23(31-21)18-8-2-1-3-9-18)15-16-30-20-12-6-10-17-7-4-5-11-19(17)20/h1-14,23H,15-16H2,(H2,26,27). The lowest BCUT2D eigenvalue weighted by Gasteiger charge is -2.33. The smallest absolute Gasteiger partial charge is 0.274 e. The third-order valence-corrected chi connectivity index (χ3v) is 5.28. The average Bonchev–Trinajstić information content (AvgIpc) is 2.81. The summed E-state index contributed by atoms with van der Waals surface area (Å²) >= 11 is 0. The Hall–Kier alpha value is -4.06. The van der Waals surface area contributed by atoms with Gasteiger partial charge in [-0.05, 0) is 23.6 Å². The minimum Gasteiger partial charge on any atom is -0.491 e. The molecule has 6 nitrogen and oxygen atoms in total. The molecular weight excluding hydrogens is 390 g/mol. The molecule has 0 aliphatic carbocycles. The van der Waals surface area contributed by atoms with E-state index in [1.807, 2.05) is 72.8 Å². The van der Waals surface area contributed by atoms with Gasteiger partial charge < -0.3 is 15.2 Å². The lowest BCUT2D eigenvalue weighted by molar-refractivity contribution is -0.126. The first-order valence-corrected chi connectivity index (χ1v) is 10.1. The van der Waals surface area contributed by atoms with Gasteiger partial charge in [0.1, 0.15) is 18.2 Å². The summed E-state index contributed by atoms with van der Waals surface area (Å²) in [6.07, 6.45) is -0.739. The van der Waals surface area contributed by atoms with Crippen molar-refractivity contribution < 1.29 is 14.3 Å². The van der Waals surface area contributed by atoms with Gasteiger partial charge >= 0.3 is 0 Å². The first-order valence-electron chi connectivity index (χ1n) is 10.1. The molecule has 1 unspecified atom stereocenters. The van der Waals surface area contributed by atoms with Crippen LogP contribution in [0.5, 0.6) is 11.5 Å². The highest BCUT2D eigenvalue weighted by atomic mass is 16.5. The number of nitrogen functional groups attached to an aromatic ring is 1. The molecule has 2 N–H and O–H groups in total. The number of nitrogens with two attached hydrogens (primary N) is 1. The molecule has 154 valence electrons. The Kier molecular flexibility index (Phi) is 4.88. The molecule has 0 fully saturated rings. The molecular formula is C25H21N3O3. The van der Waals surface area contributed by atoms with Gasteiger partial charge in [0.25, 0.3) is 5.91 Å². The minimum absolute atomic E-state index is 0.196.